The van der Waals surface area contributed by atoms with Crippen molar-refractivity contribution in [1.82, 2.24) is 25.3 Å². The molecule has 2 aromatic heterocycles. The van der Waals surface area contributed by atoms with Crippen molar-refractivity contribution in [3.63, 3.8) is 0 Å². The van der Waals surface area contributed by atoms with Gasteiger partial charge in [-0.3, -0.25) is 4.79 Å². The van der Waals surface area contributed by atoms with E-state index in [1.54, 1.807) is 35.3 Å². The molecule has 0 atom stereocenters. The molecule has 3 rings (SSSR count). The normalized spacial score (nSPS) is 10.6. The Hall–Kier alpha value is -3.43. The Balaban J connectivity index is 1.50. The molecule has 3 aromatic rings. The lowest BCUT2D eigenvalue weighted by Crippen LogP contribution is -2.30. The summed E-state index contributed by atoms with van der Waals surface area (Å²) in [6, 6.07) is 6.73. The Labute approximate surface area is 145 Å². The number of hydrogen-bond donors (Lipinski definition) is 2. The molecule has 134 valence electrons. The van der Waals surface area contributed by atoms with Gasteiger partial charge in [0.15, 0.2) is 23.3 Å². The van der Waals surface area contributed by atoms with E-state index < -0.39 is 28.9 Å². The predicted molar refractivity (Wildman–Crippen MR) is 86.3 cm³/mol. The van der Waals surface area contributed by atoms with Gasteiger partial charge in [0.25, 0.3) is 5.91 Å². The molecule has 26 heavy (non-hydrogen) atoms. The third-order valence-electron chi connectivity index (χ3n) is 3.39. The SMILES string of the molecule is O=C(NCCNc1ccc(-n2cccn2)nn1)c1ccc(F)c(F)c1F. The van der Waals surface area contributed by atoms with E-state index in [1.165, 1.54) is 0 Å². The van der Waals surface area contributed by atoms with Gasteiger partial charge in [0.05, 0.1) is 5.56 Å². The molecule has 1 aromatic carbocycles. The highest BCUT2D eigenvalue weighted by molar-refractivity contribution is 5.94. The van der Waals surface area contributed by atoms with Crippen LogP contribution in [-0.4, -0.2) is 39.0 Å². The van der Waals surface area contributed by atoms with Crippen molar-refractivity contribution in [3.05, 3.63) is 65.7 Å². The first kappa shape index (κ1) is 17.4. The molecule has 1 amide bonds. The molecule has 0 radical (unpaired) electrons. The second-order valence-corrected chi connectivity index (χ2v) is 5.13. The summed E-state index contributed by atoms with van der Waals surface area (Å²) < 4.78 is 41.1. The van der Waals surface area contributed by atoms with Gasteiger partial charge < -0.3 is 10.6 Å². The zero-order valence-electron chi connectivity index (χ0n) is 13.3. The number of benzene rings is 1. The summed E-state index contributed by atoms with van der Waals surface area (Å²) in [6.07, 6.45) is 3.34. The molecule has 0 aliphatic heterocycles. The van der Waals surface area contributed by atoms with E-state index in [0.717, 1.165) is 6.07 Å². The van der Waals surface area contributed by atoms with Crippen LogP contribution in [0.5, 0.6) is 0 Å². The van der Waals surface area contributed by atoms with Crippen LogP contribution in [0.1, 0.15) is 10.4 Å². The average molecular weight is 362 g/mol. The third-order valence-corrected chi connectivity index (χ3v) is 3.39. The maximum atomic E-state index is 13.5. The molecule has 0 saturated carbocycles. The summed E-state index contributed by atoms with van der Waals surface area (Å²) in [6.45, 7) is 0.382. The van der Waals surface area contributed by atoms with Crippen LogP contribution in [0.25, 0.3) is 5.82 Å². The molecule has 0 aliphatic rings. The fourth-order valence-electron chi connectivity index (χ4n) is 2.11. The number of nitrogens with one attached hydrogen (secondary N) is 2. The van der Waals surface area contributed by atoms with Crippen LogP contribution in [0, 0.1) is 17.5 Å². The van der Waals surface area contributed by atoms with Gasteiger partial charge in [-0.15, -0.1) is 10.2 Å². The first-order valence-electron chi connectivity index (χ1n) is 7.55. The number of nitrogens with zero attached hydrogens (tertiary/aromatic N) is 4. The lowest BCUT2D eigenvalue weighted by Gasteiger charge is -2.08. The van der Waals surface area contributed by atoms with Crippen LogP contribution in [-0.2, 0) is 0 Å². The molecule has 2 N–H and O–H groups in total. The fraction of sp³-hybridized carbons (Fsp3) is 0.125. The van der Waals surface area contributed by atoms with Gasteiger partial charge in [0.1, 0.15) is 5.82 Å². The van der Waals surface area contributed by atoms with Crippen molar-refractivity contribution in [2.45, 2.75) is 0 Å². The second-order valence-electron chi connectivity index (χ2n) is 5.13. The van der Waals surface area contributed by atoms with E-state index in [2.05, 4.69) is 25.9 Å². The maximum Gasteiger partial charge on any atom is 0.254 e. The minimum atomic E-state index is -1.68. The number of aromatic nitrogens is 4. The van der Waals surface area contributed by atoms with Crippen LogP contribution in [0.4, 0.5) is 19.0 Å². The van der Waals surface area contributed by atoms with Crippen LogP contribution in [0.15, 0.2) is 42.7 Å². The van der Waals surface area contributed by atoms with E-state index in [4.69, 9.17) is 0 Å². The number of rotatable bonds is 6. The highest BCUT2D eigenvalue weighted by Gasteiger charge is 2.18. The Morgan fingerprint density at radius 3 is 2.58 bits per heavy atom. The first-order chi connectivity index (χ1) is 12.6. The molecule has 10 heteroatoms. The van der Waals surface area contributed by atoms with Gasteiger partial charge in [-0.05, 0) is 30.3 Å². The number of carbonyl (C=O) groups is 1. The van der Waals surface area contributed by atoms with Gasteiger partial charge >= 0.3 is 0 Å². The topological polar surface area (TPSA) is 84.7 Å². The molecule has 0 fully saturated rings. The number of carbonyl (C=O) groups excluding carboxylic acids is 1. The lowest BCUT2D eigenvalue weighted by molar-refractivity contribution is 0.0950. The summed E-state index contributed by atoms with van der Waals surface area (Å²) in [4.78, 5) is 11.8. The minimum absolute atomic E-state index is 0.111. The molecule has 2 heterocycles. The van der Waals surface area contributed by atoms with E-state index >= 15 is 0 Å². The Bertz CT molecular complexity index is 899. The number of hydrogen-bond acceptors (Lipinski definition) is 5. The van der Waals surface area contributed by atoms with E-state index in [0.29, 0.717) is 17.7 Å². The summed E-state index contributed by atoms with van der Waals surface area (Å²) in [5.74, 6) is -4.38. The van der Waals surface area contributed by atoms with Gasteiger partial charge in [0.2, 0.25) is 0 Å². The highest BCUT2D eigenvalue weighted by atomic mass is 19.2. The largest absolute Gasteiger partial charge is 0.367 e. The van der Waals surface area contributed by atoms with E-state index in [1.807, 2.05) is 0 Å². The maximum absolute atomic E-state index is 13.5. The predicted octanol–water partition coefficient (Wildman–Crippen LogP) is 1.92. The van der Waals surface area contributed by atoms with Crippen LogP contribution in [0.3, 0.4) is 0 Å². The number of halogens is 3. The van der Waals surface area contributed by atoms with Gasteiger partial charge in [-0.1, -0.05) is 0 Å². The van der Waals surface area contributed by atoms with Crippen molar-refractivity contribution >= 4 is 11.7 Å². The van der Waals surface area contributed by atoms with E-state index in [9.17, 15) is 18.0 Å². The molecular formula is C16H13F3N6O. The number of amides is 1. The summed E-state index contributed by atoms with van der Waals surface area (Å²) in [7, 11) is 0. The highest BCUT2D eigenvalue weighted by Crippen LogP contribution is 2.14. The van der Waals surface area contributed by atoms with Gasteiger partial charge in [-0.2, -0.15) is 5.10 Å². The van der Waals surface area contributed by atoms with Crippen molar-refractivity contribution in [1.29, 1.82) is 0 Å². The zero-order valence-corrected chi connectivity index (χ0v) is 13.3. The van der Waals surface area contributed by atoms with Gasteiger partial charge in [-0.25, -0.2) is 17.9 Å². The molecule has 7 nitrogen and oxygen atoms in total. The molecule has 0 unspecified atom stereocenters. The van der Waals surface area contributed by atoms with Crippen molar-refractivity contribution in [2.24, 2.45) is 0 Å². The van der Waals surface area contributed by atoms with Crippen LogP contribution >= 0.6 is 0 Å². The van der Waals surface area contributed by atoms with Gasteiger partial charge in [0, 0.05) is 25.5 Å². The Kier molecular flexibility index (Phi) is 5.11. The van der Waals surface area contributed by atoms with E-state index in [-0.39, 0.29) is 13.1 Å². The molecular weight excluding hydrogens is 349 g/mol. The fourth-order valence-corrected chi connectivity index (χ4v) is 2.11. The molecule has 0 aliphatic carbocycles. The van der Waals surface area contributed by atoms with Crippen LogP contribution < -0.4 is 10.6 Å². The third kappa shape index (κ3) is 3.79. The molecule has 0 bridgehead atoms. The quantitative estimate of drug-likeness (QED) is 0.517. The minimum Gasteiger partial charge on any atom is -0.367 e. The Morgan fingerprint density at radius 1 is 1.04 bits per heavy atom. The van der Waals surface area contributed by atoms with Crippen LogP contribution in [0.2, 0.25) is 0 Å². The second kappa shape index (κ2) is 7.64. The van der Waals surface area contributed by atoms with Crippen molar-refractivity contribution < 1.29 is 18.0 Å². The van der Waals surface area contributed by atoms with Crippen molar-refractivity contribution in [2.75, 3.05) is 18.4 Å². The Morgan fingerprint density at radius 2 is 1.88 bits per heavy atom. The lowest BCUT2D eigenvalue weighted by atomic mass is 10.2. The monoisotopic (exact) mass is 362 g/mol. The zero-order chi connectivity index (χ0) is 18.5. The summed E-state index contributed by atoms with van der Waals surface area (Å²) in [5, 5.41) is 17.3. The van der Waals surface area contributed by atoms with Crippen molar-refractivity contribution in [3.8, 4) is 5.82 Å². The number of anilines is 1. The summed E-state index contributed by atoms with van der Waals surface area (Å²) >= 11 is 0. The standard InChI is InChI=1S/C16H13F3N6O/c17-11-3-2-10(14(18)15(11)19)16(26)21-8-7-20-12-4-5-13(24-23-12)25-9-1-6-22-25/h1-6,9H,7-8H2,(H,20,23)(H,21,26). The molecule has 0 saturated heterocycles. The summed E-state index contributed by atoms with van der Waals surface area (Å²) in [5.41, 5.74) is -0.563. The molecule has 0 spiro atoms. The first-order valence-corrected chi connectivity index (χ1v) is 7.55. The smallest absolute Gasteiger partial charge is 0.254 e. The average Bonchev–Trinajstić information content (AvgIpc) is 3.18.